The van der Waals surface area contributed by atoms with Gasteiger partial charge in [0.05, 0.1) is 11.2 Å². The number of hydrogen-bond donors (Lipinski definition) is 1. The molecule has 0 atom stereocenters. The second kappa shape index (κ2) is 5.74. The third-order valence-electron chi connectivity index (χ3n) is 3.97. The summed E-state index contributed by atoms with van der Waals surface area (Å²) in [6, 6.07) is 4.90. The number of aliphatic hydroxyl groups is 1. The van der Waals surface area contributed by atoms with Gasteiger partial charge in [0.25, 0.3) is 0 Å². The maximum Gasteiger partial charge on any atom is 0.416 e. The minimum absolute atomic E-state index is 0.568. The van der Waals surface area contributed by atoms with E-state index >= 15 is 0 Å². The van der Waals surface area contributed by atoms with Crippen LogP contribution in [-0.2, 0) is 11.8 Å². The van der Waals surface area contributed by atoms with Gasteiger partial charge in [-0.2, -0.15) is 13.2 Å². The fraction of sp³-hybridized carbons (Fsp3) is 0.600. The van der Waals surface area contributed by atoms with E-state index in [0.29, 0.717) is 18.4 Å². The number of halogens is 3. The molecule has 1 fully saturated rings. The molecular weight excluding hydrogens is 267 g/mol. The van der Waals surface area contributed by atoms with E-state index in [2.05, 4.69) is 11.8 Å². The third-order valence-corrected chi connectivity index (χ3v) is 3.97. The molecule has 0 spiro atoms. The van der Waals surface area contributed by atoms with Gasteiger partial charge in [0.15, 0.2) is 0 Å². The number of rotatable bonds is 3. The molecule has 0 bridgehead atoms. The summed E-state index contributed by atoms with van der Waals surface area (Å²) >= 11 is 0. The molecular formula is C15H20F3NO. The highest BCUT2D eigenvalue weighted by Gasteiger charge is 2.35. The number of likely N-dealkylation sites (tertiary alicyclic amines) is 1. The molecule has 1 heterocycles. The van der Waals surface area contributed by atoms with E-state index in [-0.39, 0.29) is 0 Å². The lowest BCUT2D eigenvalue weighted by molar-refractivity contribution is -0.137. The maximum absolute atomic E-state index is 12.5. The fourth-order valence-electron chi connectivity index (χ4n) is 2.72. The van der Waals surface area contributed by atoms with Crippen molar-refractivity contribution in [3.8, 4) is 0 Å². The van der Waals surface area contributed by atoms with Gasteiger partial charge in [0, 0.05) is 13.1 Å². The Hall–Kier alpha value is -1.07. The summed E-state index contributed by atoms with van der Waals surface area (Å²) in [5, 5.41) is 10.6. The van der Waals surface area contributed by atoms with Gasteiger partial charge in [0.1, 0.15) is 0 Å². The molecule has 0 unspecified atom stereocenters. The van der Waals surface area contributed by atoms with Crippen LogP contribution in [-0.4, -0.2) is 29.6 Å². The van der Waals surface area contributed by atoms with Gasteiger partial charge in [0.2, 0.25) is 0 Å². The maximum atomic E-state index is 12.5. The van der Waals surface area contributed by atoms with Crippen molar-refractivity contribution in [1.82, 2.24) is 4.90 Å². The molecule has 5 heteroatoms. The first-order valence-electron chi connectivity index (χ1n) is 6.97. The first-order chi connectivity index (χ1) is 9.35. The molecule has 1 aromatic rings. The lowest BCUT2D eigenvalue weighted by Crippen LogP contribution is -2.42. The summed E-state index contributed by atoms with van der Waals surface area (Å²) in [5.74, 6) is 0. The number of nitrogens with zero attached hydrogens (tertiary/aromatic N) is 1. The van der Waals surface area contributed by atoms with E-state index in [9.17, 15) is 18.3 Å². The van der Waals surface area contributed by atoms with Gasteiger partial charge in [-0.1, -0.05) is 19.1 Å². The average Bonchev–Trinajstić information content (AvgIpc) is 2.41. The number of piperidine rings is 1. The van der Waals surface area contributed by atoms with Crippen molar-refractivity contribution in [3.63, 3.8) is 0 Å². The Bertz CT molecular complexity index is 433. The molecule has 1 N–H and O–H groups in total. The lowest BCUT2D eigenvalue weighted by Gasteiger charge is -2.38. The molecule has 0 amide bonds. The molecule has 20 heavy (non-hydrogen) atoms. The molecule has 1 aliphatic heterocycles. The summed E-state index contributed by atoms with van der Waals surface area (Å²) in [7, 11) is 0. The lowest BCUT2D eigenvalue weighted by atomic mass is 9.84. The van der Waals surface area contributed by atoms with Gasteiger partial charge in [-0.25, -0.2) is 0 Å². The van der Waals surface area contributed by atoms with Gasteiger partial charge in [-0.15, -0.1) is 0 Å². The van der Waals surface area contributed by atoms with Crippen LogP contribution in [0.5, 0.6) is 0 Å². The van der Waals surface area contributed by atoms with Crippen LogP contribution in [0.25, 0.3) is 0 Å². The number of hydrogen-bond acceptors (Lipinski definition) is 2. The van der Waals surface area contributed by atoms with E-state index < -0.39 is 17.3 Å². The van der Waals surface area contributed by atoms with Gasteiger partial charge in [-0.05, 0) is 43.5 Å². The molecule has 0 saturated carbocycles. The largest absolute Gasteiger partial charge is 0.416 e. The molecule has 1 saturated heterocycles. The molecule has 112 valence electrons. The average molecular weight is 287 g/mol. The quantitative estimate of drug-likeness (QED) is 0.921. The topological polar surface area (TPSA) is 23.5 Å². The van der Waals surface area contributed by atoms with Crippen LogP contribution in [0.4, 0.5) is 13.2 Å². The molecule has 2 nitrogen and oxygen atoms in total. The first kappa shape index (κ1) is 15.3. The second-order valence-corrected chi connectivity index (χ2v) is 5.45. The van der Waals surface area contributed by atoms with E-state index in [1.165, 1.54) is 12.1 Å². The minimum Gasteiger partial charge on any atom is -0.385 e. The van der Waals surface area contributed by atoms with Crippen molar-refractivity contribution < 1.29 is 18.3 Å². The van der Waals surface area contributed by atoms with Gasteiger partial charge in [-0.3, -0.25) is 0 Å². The highest BCUT2D eigenvalue weighted by Crippen LogP contribution is 2.35. The highest BCUT2D eigenvalue weighted by molar-refractivity contribution is 5.29. The van der Waals surface area contributed by atoms with E-state index in [0.717, 1.165) is 38.2 Å². The Morgan fingerprint density at radius 3 is 2.15 bits per heavy atom. The summed E-state index contributed by atoms with van der Waals surface area (Å²) in [5.41, 5.74) is -1.08. The highest BCUT2D eigenvalue weighted by atomic mass is 19.4. The number of benzene rings is 1. The summed E-state index contributed by atoms with van der Waals surface area (Å²) < 4.78 is 37.6. The normalized spacial score (nSPS) is 20.1. The molecule has 1 aromatic carbocycles. The standard InChI is InChI=1S/C15H20F3NO/c1-2-9-19-10-7-14(20,8-11-19)12-3-5-13(6-4-12)15(16,17)18/h3-6,20H,2,7-11H2,1H3. The zero-order chi connectivity index (χ0) is 14.8. The van der Waals surface area contributed by atoms with Crippen LogP contribution in [0.2, 0.25) is 0 Å². The smallest absolute Gasteiger partial charge is 0.385 e. The monoisotopic (exact) mass is 287 g/mol. The molecule has 1 aliphatic rings. The van der Waals surface area contributed by atoms with Crippen LogP contribution >= 0.6 is 0 Å². The van der Waals surface area contributed by atoms with Crippen LogP contribution in [0.1, 0.15) is 37.3 Å². The Morgan fingerprint density at radius 2 is 1.70 bits per heavy atom. The minimum atomic E-state index is -4.33. The van der Waals surface area contributed by atoms with Crippen molar-refractivity contribution in [2.75, 3.05) is 19.6 Å². The predicted molar refractivity (Wildman–Crippen MR) is 71.3 cm³/mol. The van der Waals surface area contributed by atoms with Crippen molar-refractivity contribution >= 4 is 0 Å². The van der Waals surface area contributed by atoms with Crippen molar-refractivity contribution in [2.24, 2.45) is 0 Å². The second-order valence-electron chi connectivity index (χ2n) is 5.45. The fourth-order valence-corrected chi connectivity index (χ4v) is 2.72. The SMILES string of the molecule is CCCN1CCC(O)(c2ccc(C(F)(F)F)cc2)CC1. The Kier molecular flexibility index (Phi) is 4.39. The van der Waals surface area contributed by atoms with Gasteiger partial charge < -0.3 is 10.0 Å². The third kappa shape index (κ3) is 3.33. The number of alkyl halides is 3. The van der Waals surface area contributed by atoms with Crippen LogP contribution < -0.4 is 0 Å². The van der Waals surface area contributed by atoms with Crippen LogP contribution in [0.3, 0.4) is 0 Å². The zero-order valence-electron chi connectivity index (χ0n) is 11.6. The molecule has 2 rings (SSSR count). The summed E-state index contributed by atoms with van der Waals surface area (Å²) in [6.45, 7) is 4.68. The van der Waals surface area contributed by atoms with Crippen molar-refractivity contribution in [3.05, 3.63) is 35.4 Å². The molecule has 0 aromatic heterocycles. The Morgan fingerprint density at radius 1 is 1.15 bits per heavy atom. The Labute approximate surface area is 117 Å². The van der Waals surface area contributed by atoms with Crippen LogP contribution in [0.15, 0.2) is 24.3 Å². The zero-order valence-corrected chi connectivity index (χ0v) is 11.6. The van der Waals surface area contributed by atoms with Crippen molar-refractivity contribution in [1.29, 1.82) is 0 Å². The van der Waals surface area contributed by atoms with E-state index in [4.69, 9.17) is 0 Å². The van der Waals surface area contributed by atoms with E-state index in [1.807, 2.05) is 0 Å². The summed E-state index contributed by atoms with van der Waals surface area (Å²) in [6.07, 6.45) is -2.12. The first-order valence-corrected chi connectivity index (χ1v) is 6.97. The van der Waals surface area contributed by atoms with Gasteiger partial charge >= 0.3 is 6.18 Å². The predicted octanol–water partition coefficient (Wildman–Crippen LogP) is 3.40. The Balaban J connectivity index is 2.08. The molecule has 0 aliphatic carbocycles. The van der Waals surface area contributed by atoms with E-state index in [1.54, 1.807) is 0 Å². The summed E-state index contributed by atoms with van der Waals surface area (Å²) in [4.78, 5) is 2.28. The molecule has 0 radical (unpaired) electrons. The van der Waals surface area contributed by atoms with Crippen LogP contribution in [0, 0.1) is 0 Å². The van der Waals surface area contributed by atoms with Crippen molar-refractivity contribution in [2.45, 2.75) is 38.0 Å².